The maximum Gasteiger partial charge on any atom is 0.160 e. The summed E-state index contributed by atoms with van der Waals surface area (Å²) in [7, 11) is 0. The SMILES string of the molecule is O=C1C=CC=CN=NNOc2ccccc2CC(=O)C=CC1. The summed E-state index contributed by atoms with van der Waals surface area (Å²) in [4.78, 5) is 28.7. The average Bonchev–Trinajstić information content (AvgIpc) is 2.50. The van der Waals surface area contributed by atoms with E-state index in [0.717, 1.165) is 0 Å². The second kappa shape index (κ2) is 8.31. The Bertz CT molecular complexity index is 660. The number of rotatable bonds is 0. The highest BCUT2D eigenvalue weighted by molar-refractivity contribution is 5.94. The van der Waals surface area contributed by atoms with Crippen molar-refractivity contribution in [1.29, 1.82) is 0 Å². The molecule has 0 aromatic heterocycles. The molecule has 0 spiro atoms. The summed E-state index contributed by atoms with van der Waals surface area (Å²) in [5, 5.41) is 7.26. The molecule has 1 aromatic carbocycles. The first-order valence-corrected chi connectivity index (χ1v) is 6.71. The normalized spacial score (nSPS) is 16.0. The van der Waals surface area contributed by atoms with Gasteiger partial charge in [-0.1, -0.05) is 30.4 Å². The lowest BCUT2D eigenvalue weighted by Gasteiger charge is -2.07. The molecule has 0 saturated heterocycles. The van der Waals surface area contributed by atoms with Crippen LogP contribution in [-0.2, 0) is 16.0 Å². The van der Waals surface area contributed by atoms with Gasteiger partial charge in [-0.25, -0.2) is 0 Å². The van der Waals surface area contributed by atoms with Gasteiger partial charge >= 0.3 is 0 Å². The van der Waals surface area contributed by atoms with Crippen LogP contribution in [0.1, 0.15) is 12.0 Å². The van der Waals surface area contributed by atoms with Crippen molar-refractivity contribution in [3.8, 4) is 5.75 Å². The smallest absolute Gasteiger partial charge is 0.160 e. The average molecular weight is 297 g/mol. The third-order valence-corrected chi connectivity index (χ3v) is 2.76. The van der Waals surface area contributed by atoms with Crippen molar-refractivity contribution in [2.24, 2.45) is 10.3 Å². The third kappa shape index (κ3) is 5.16. The predicted molar refractivity (Wildman–Crippen MR) is 80.8 cm³/mol. The summed E-state index contributed by atoms with van der Waals surface area (Å²) in [5.41, 5.74) is 3.05. The summed E-state index contributed by atoms with van der Waals surface area (Å²) in [6, 6.07) is 7.12. The zero-order chi connectivity index (χ0) is 15.6. The van der Waals surface area contributed by atoms with Crippen molar-refractivity contribution in [3.05, 3.63) is 66.4 Å². The first kappa shape index (κ1) is 15.4. The van der Waals surface area contributed by atoms with Crippen molar-refractivity contribution >= 4 is 11.6 Å². The highest BCUT2D eigenvalue weighted by Gasteiger charge is 2.07. The van der Waals surface area contributed by atoms with Crippen LogP contribution in [0, 0.1) is 0 Å². The second-order valence-electron chi connectivity index (χ2n) is 4.43. The van der Waals surface area contributed by atoms with Gasteiger partial charge in [0.05, 0.1) is 6.20 Å². The Hall–Kier alpha value is -3.02. The second-order valence-corrected chi connectivity index (χ2v) is 4.43. The van der Waals surface area contributed by atoms with E-state index in [4.69, 9.17) is 4.84 Å². The number of ketones is 2. The Labute approximate surface area is 127 Å². The molecular formula is C16H15N3O3. The summed E-state index contributed by atoms with van der Waals surface area (Å²) in [6.07, 6.45) is 9.27. The van der Waals surface area contributed by atoms with E-state index in [1.54, 1.807) is 36.4 Å². The first-order chi connectivity index (χ1) is 10.8. The minimum absolute atomic E-state index is 0.0976. The van der Waals surface area contributed by atoms with Crippen LogP contribution < -0.4 is 10.4 Å². The molecule has 2 rings (SSSR count). The molecule has 0 fully saturated rings. The molecule has 1 heterocycles. The monoisotopic (exact) mass is 297 g/mol. The number of fused-ring (bicyclic) bond motifs is 1. The van der Waals surface area contributed by atoms with E-state index in [1.165, 1.54) is 18.4 Å². The van der Waals surface area contributed by atoms with E-state index < -0.39 is 0 Å². The zero-order valence-corrected chi connectivity index (χ0v) is 11.8. The van der Waals surface area contributed by atoms with Crippen LogP contribution in [-0.4, -0.2) is 11.6 Å². The molecule has 0 radical (unpaired) electrons. The van der Waals surface area contributed by atoms with E-state index in [2.05, 4.69) is 15.9 Å². The highest BCUT2D eigenvalue weighted by Crippen LogP contribution is 2.18. The van der Waals surface area contributed by atoms with Gasteiger partial charge in [0.15, 0.2) is 17.3 Å². The third-order valence-electron chi connectivity index (χ3n) is 2.76. The molecular weight excluding hydrogens is 282 g/mol. The molecule has 0 atom stereocenters. The number of nitrogens with zero attached hydrogens (tertiary/aromatic N) is 2. The van der Waals surface area contributed by atoms with Crippen LogP contribution in [0.15, 0.2) is 71.2 Å². The highest BCUT2D eigenvalue weighted by atomic mass is 16.7. The fraction of sp³-hybridized carbons (Fsp3) is 0.125. The van der Waals surface area contributed by atoms with Crippen LogP contribution in [0.3, 0.4) is 0 Å². The molecule has 1 aliphatic rings. The lowest BCUT2D eigenvalue weighted by Crippen LogP contribution is -2.12. The molecule has 1 aliphatic heterocycles. The Balaban J connectivity index is 2.18. The number of carbonyl (C=O) groups is 2. The number of benzene rings is 1. The molecule has 0 amide bonds. The Kier molecular flexibility index (Phi) is 5.80. The molecule has 0 saturated carbocycles. The van der Waals surface area contributed by atoms with Gasteiger partial charge in [0.2, 0.25) is 0 Å². The van der Waals surface area contributed by atoms with E-state index in [9.17, 15) is 9.59 Å². The van der Waals surface area contributed by atoms with Crippen LogP contribution in [0.5, 0.6) is 5.75 Å². The Morgan fingerprint density at radius 2 is 1.91 bits per heavy atom. The molecule has 6 heteroatoms. The largest absolute Gasteiger partial charge is 0.363 e. The summed E-state index contributed by atoms with van der Waals surface area (Å²) >= 11 is 0. The molecule has 0 bridgehead atoms. The molecule has 0 aliphatic carbocycles. The van der Waals surface area contributed by atoms with Gasteiger partial charge in [-0.2, -0.15) is 0 Å². The molecule has 1 aromatic rings. The fourth-order valence-electron chi connectivity index (χ4n) is 1.75. The van der Waals surface area contributed by atoms with E-state index in [-0.39, 0.29) is 24.4 Å². The summed E-state index contributed by atoms with van der Waals surface area (Å²) in [6.45, 7) is 0. The van der Waals surface area contributed by atoms with Crippen molar-refractivity contribution in [2.45, 2.75) is 12.8 Å². The maximum absolute atomic E-state index is 11.9. The molecule has 22 heavy (non-hydrogen) atoms. The van der Waals surface area contributed by atoms with E-state index in [0.29, 0.717) is 11.3 Å². The minimum Gasteiger partial charge on any atom is -0.363 e. The molecule has 0 unspecified atom stereocenters. The number of carbonyl (C=O) groups excluding carboxylic acids is 2. The predicted octanol–water partition coefficient (Wildman–Crippen LogP) is 2.65. The number of para-hydroxylation sites is 1. The molecule has 6 nitrogen and oxygen atoms in total. The number of hydrogen-bond acceptors (Lipinski definition) is 6. The Morgan fingerprint density at radius 1 is 1.05 bits per heavy atom. The van der Waals surface area contributed by atoms with Crippen molar-refractivity contribution < 1.29 is 14.4 Å². The van der Waals surface area contributed by atoms with Gasteiger partial charge < -0.3 is 4.84 Å². The van der Waals surface area contributed by atoms with Gasteiger partial charge in [-0.05, 0) is 29.5 Å². The molecule has 112 valence electrons. The number of allylic oxidation sites excluding steroid dienone is 5. The van der Waals surface area contributed by atoms with Crippen LogP contribution in [0.4, 0.5) is 0 Å². The topological polar surface area (TPSA) is 80.1 Å². The lowest BCUT2D eigenvalue weighted by atomic mass is 10.1. The summed E-state index contributed by atoms with van der Waals surface area (Å²) in [5.74, 6) is 0.288. The fourth-order valence-corrected chi connectivity index (χ4v) is 1.75. The number of nitrogens with one attached hydrogen (secondary N) is 1. The van der Waals surface area contributed by atoms with E-state index in [1.807, 2.05) is 6.07 Å². The molecule has 1 N–H and O–H groups in total. The van der Waals surface area contributed by atoms with Crippen LogP contribution in [0.2, 0.25) is 0 Å². The van der Waals surface area contributed by atoms with Crippen LogP contribution >= 0.6 is 0 Å². The van der Waals surface area contributed by atoms with Gasteiger partial charge in [-0.3, -0.25) is 9.59 Å². The van der Waals surface area contributed by atoms with Crippen molar-refractivity contribution in [2.75, 3.05) is 0 Å². The van der Waals surface area contributed by atoms with Gasteiger partial charge in [0, 0.05) is 18.4 Å². The van der Waals surface area contributed by atoms with Crippen LogP contribution in [0.25, 0.3) is 0 Å². The first-order valence-electron chi connectivity index (χ1n) is 6.71. The van der Waals surface area contributed by atoms with Crippen molar-refractivity contribution in [3.63, 3.8) is 0 Å². The Morgan fingerprint density at radius 3 is 2.82 bits per heavy atom. The summed E-state index contributed by atoms with van der Waals surface area (Å²) < 4.78 is 0. The standard InChI is InChI=1S/C16H15N3O3/c20-14-7-3-4-11-17-18-19-22-16-10-2-1-6-13(16)12-15(21)9-5-8-14/h1-7,9-11H,8,12H2,(H,17,19). The maximum atomic E-state index is 11.9. The zero-order valence-electron chi connectivity index (χ0n) is 11.8. The van der Waals surface area contributed by atoms with E-state index >= 15 is 0 Å². The van der Waals surface area contributed by atoms with Gasteiger partial charge in [-0.15, -0.1) is 10.7 Å². The van der Waals surface area contributed by atoms with Crippen molar-refractivity contribution in [1.82, 2.24) is 5.59 Å². The number of hydrogen-bond donors (Lipinski definition) is 1. The minimum atomic E-state index is -0.110. The van der Waals surface area contributed by atoms with Gasteiger partial charge in [0.1, 0.15) is 0 Å². The lowest BCUT2D eigenvalue weighted by molar-refractivity contribution is -0.114. The van der Waals surface area contributed by atoms with Gasteiger partial charge in [0.25, 0.3) is 0 Å². The quantitative estimate of drug-likeness (QED) is 0.798.